The molecule has 2 N–H and O–H groups in total. The zero-order valence-electron chi connectivity index (χ0n) is 38.2. The molecule has 2 unspecified atom stereocenters. The van der Waals surface area contributed by atoms with E-state index >= 15 is 0 Å². The van der Waals surface area contributed by atoms with Crippen LogP contribution in [0, 0.1) is 0 Å². The first-order valence-corrected chi connectivity index (χ1v) is 23.9. The van der Waals surface area contributed by atoms with Gasteiger partial charge in [-0.3, -0.25) is 18.6 Å². The number of quaternary nitrogens is 1. The third kappa shape index (κ3) is 44.2. The van der Waals surface area contributed by atoms with E-state index in [4.69, 9.17) is 18.5 Å². The molecule has 0 saturated heterocycles. The number of phosphoric acid groups is 1. The number of carbonyl (C=O) groups excluding carboxylic acids is 2. The van der Waals surface area contributed by atoms with Gasteiger partial charge in [0.15, 0.2) is 6.10 Å². The van der Waals surface area contributed by atoms with Crippen molar-refractivity contribution in [1.29, 1.82) is 0 Å². The molecular formula is C50H81NO9P+. The predicted octanol–water partition coefficient (Wildman–Crippen LogP) is 11.9. The summed E-state index contributed by atoms with van der Waals surface area (Å²) < 4.78 is 34.1. The number of likely N-dealkylation sites (N-methyl/N-ethyl adjacent to an activating group) is 1. The van der Waals surface area contributed by atoms with Gasteiger partial charge >= 0.3 is 19.8 Å². The van der Waals surface area contributed by atoms with E-state index in [0.717, 1.165) is 77.0 Å². The Morgan fingerprint density at radius 2 is 1.08 bits per heavy atom. The summed E-state index contributed by atoms with van der Waals surface area (Å²) in [6.07, 6.45) is 52.8. The SMILES string of the molecule is CC/C=C\C/C=C\C/C=C\C/C=C\C=C\C(O)CCCC(=O)O[C@H](COC(=O)CCCCC/C=C\C/C=C\C/C=C\C/C=C\C/C=C\CC)COP(=O)(O)OCC[N+](C)(C)C. The average Bonchev–Trinajstić information content (AvgIpc) is 3.21. The van der Waals surface area contributed by atoms with Crippen molar-refractivity contribution in [2.24, 2.45) is 0 Å². The van der Waals surface area contributed by atoms with Gasteiger partial charge in [-0.25, -0.2) is 4.57 Å². The maximum atomic E-state index is 12.7. The third-order valence-corrected chi connectivity index (χ3v) is 9.58. The first kappa shape index (κ1) is 57.4. The zero-order chi connectivity index (χ0) is 45.1. The minimum absolute atomic E-state index is 0.00596. The second kappa shape index (κ2) is 40.4. The fourth-order valence-electron chi connectivity index (χ4n) is 5.13. The lowest BCUT2D eigenvalue weighted by Gasteiger charge is -2.24. The number of unbranched alkanes of at least 4 members (excludes halogenated alkanes) is 3. The summed E-state index contributed by atoms with van der Waals surface area (Å²) in [7, 11) is 1.31. The molecule has 0 aromatic carbocycles. The van der Waals surface area contributed by atoms with Gasteiger partial charge in [0.05, 0.1) is 33.9 Å². The fourth-order valence-corrected chi connectivity index (χ4v) is 5.87. The fraction of sp³-hybridized carbons (Fsp3) is 0.560. The van der Waals surface area contributed by atoms with Crippen LogP contribution < -0.4 is 0 Å². The molecule has 0 aliphatic heterocycles. The van der Waals surface area contributed by atoms with Crippen LogP contribution in [0.5, 0.6) is 0 Å². The number of esters is 2. The molecule has 3 atom stereocenters. The van der Waals surface area contributed by atoms with Crippen LogP contribution >= 0.6 is 7.82 Å². The number of ether oxygens (including phenoxy) is 2. The standard InChI is InChI=1S/C50H80NO9P/c1-6-8-10-12-14-16-18-20-21-22-23-24-25-27-29-31-33-35-37-41-49(53)57-45-48(46-59-61(55,56)58-44-43-51(3,4)5)60-50(54)42-38-40-47(52)39-36-34-32-30-28-26-19-17-15-13-11-9-7-2/h8-11,14-17,20-21,23-24,26-29,32,34,36,39,47-48,52H,6-7,12-13,18-19,22,25,30-31,33,35,37-38,40-46H2,1-5H3/p+1/b10-8-,11-9-,16-14-,17-15-,21-20-,24-23-,28-26-,29-27-,34-32-,39-36+/t47?,48-/m1/s1. The van der Waals surface area contributed by atoms with Gasteiger partial charge in [-0.2, -0.15) is 0 Å². The number of hydrogen-bond donors (Lipinski definition) is 2. The van der Waals surface area contributed by atoms with E-state index in [2.05, 4.69) is 111 Å². The van der Waals surface area contributed by atoms with Gasteiger partial charge in [0.1, 0.15) is 19.8 Å². The summed E-state index contributed by atoms with van der Waals surface area (Å²) in [5, 5.41) is 10.3. The Morgan fingerprint density at radius 1 is 0.590 bits per heavy atom. The summed E-state index contributed by atoms with van der Waals surface area (Å²) in [5.74, 6) is -1.06. The van der Waals surface area contributed by atoms with Crippen LogP contribution in [0.1, 0.15) is 123 Å². The van der Waals surface area contributed by atoms with Crippen LogP contribution in [0.3, 0.4) is 0 Å². The minimum atomic E-state index is -4.45. The number of rotatable bonds is 38. The van der Waals surface area contributed by atoms with E-state index in [1.54, 1.807) is 12.2 Å². The van der Waals surface area contributed by atoms with Crippen molar-refractivity contribution in [3.63, 3.8) is 0 Å². The maximum absolute atomic E-state index is 12.7. The van der Waals surface area contributed by atoms with E-state index in [-0.39, 0.29) is 26.1 Å². The van der Waals surface area contributed by atoms with Gasteiger partial charge in [-0.05, 0) is 89.9 Å². The average molecular weight is 871 g/mol. The van der Waals surface area contributed by atoms with Crippen molar-refractivity contribution in [2.45, 2.75) is 135 Å². The van der Waals surface area contributed by atoms with Crippen LogP contribution in [-0.2, 0) is 32.7 Å². The molecule has 0 spiro atoms. The second-order valence-electron chi connectivity index (χ2n) is 15.5. The first-order chi connectivity index (χ1) is 29.4. The third-order valence-electron chi connectivity index (χ3n) is 8.59. The summed E-state index contributed by atoms with van der Waals surface area (Å²) in [6, 6.07) is 0. The minimum Gasteiger partial charge on any atom is -0.462 e. The number of phosphoric ester groups is 1. The first-order valence-electron chi connectivity index (χ1n) is 22.4. The lowest BCUT2D eigenvalue weighted by molar-refractivity contribution is -0.870. The lowest BCUT2D eigenvalue weighted by Crippen LogP contribution is -2.37. The Balaban J connectivity index is 4.63. The molecule has 0 amide bonds. The number of allylic oxidation sites excluding steroid dienone is 19. The van der Waals surface area contributed by atoms with Crippen molar-refractivity contribution in [2.75, 3.05) is 47.5 Å². The molecule has 0 aliphatic carbocycles. The normalized spacial score (nSPS) is 15.2. The highest BCUT2D eigenvalue weighted by Gasteiger charge is 2.27. The summed E-state index contributed by atoms with van der Waals surface area (Å²) >= 11 is 0. The molecule has 0 saturated carbocycles. The summed E-state index contributed by atoms with van der Waals surface area (Å²) in [6.45, 7) is 3.89. The van der Waals surface area contributed by atoms with E-state index in [9.17, 15) is 24.2 Å². The topological polar surface area (TPSA) is 129 Å². The van der Waals surface area contributed by atoms with Gasteiger partial charge in [-0.15, -0.1) is 0 Å². The molecule has 0 rings (SSSR count). The van der Waals surface area contributed by atoms with Gasteiger partial charge in [0.2, 0.25) is 0 Å². The molecule has 10 nitrogen and oxygen atoms in total. The largest absolute Gasteiger partial charge is 0.472 e. The molecule has 0 heterocycles. The van der Waals surface area contributed by atoms with Gasteiger partial charge in [0, 0.05) is 12.8 Å². The van der Waals surface area contributed by atoms with Crippen LogP contribution in [0.15, 0.2) is 122 Å². The molecule has 0 bridgehead atoms. The Hall–Kier alpha value is -3.63. The second-order valence-corrected chi connectivity index (χ2v) is 17.0. The van der Waals surface area contributed by atoms with Gasteiger partial charge in [0.25, 0.3) is 0 Å². The number of nitrogens with zero attached hydrogens (tertiary/aromatic N) is 1. The molecule has 0 aliphatic rings. The predicted molar refractivity (Wildman–Crippen MR) is 253 cm³/mol. The molecular weight excluding hydrogens is 790 g/mol. The maximum Gasteiger partial charge on any atom is 0.472 e. The molecule has 0 aromatic rings. The molecule has 0 radical (unpaired) electrons. The highest BCUT2D eigenvalue weighted by Crippen LogP contribution is 2.43. The Kier molecular flexibility index (Phi) is 38.0. The summed E-state index contributed by atoms with van der Waals surface area (Å²) in [4.78, 5) is 35.4. The molecule has 0 fully saturated rings. The van der Waals surface area contributed by atoms with Gasteiger partial charge in [-0.1, -0.05) is 142 Å². The van der Waals surface area contributed by atoms with Crippen LogP contribution in [0.4, 0.5) is 0 Å². The number of carbonyl (C=O) groups is 2. The van der Waals surface area contributed by atoms with E-state index in [1.807, 2.05) is 33.3 Å². The van der Waals surface area contributed by atoms with E-state index in [0.29, 0.717) is 30.3 Å². The van der Waals surface area contributed by atoms with Crippen molar-refractivity contribution < 1.29 is 47.2 Å². The number of hydrogen-bond acceptors (Lipinski definition) is 8. The quantitative estimate of drug-likeness (QED) is 0.0156. The van der Waals surface area contributed by atoms with Crippen molar-refractivity contribution in [3.05, 3.63) is 122 Å². The Labute approximate surface area is 370 Å². The number of aliphatic hydroxyl groups excluding tert-OH is 1. The highest BCUT2D eigenvalue weighted by atomic mass is 31.2. The van der Waals surface area contributed by atoms with Crippen molar-refractivity contribution in [1.82, 2.24) is 0 Å². The molecule has 61 heavy (non-hydrogen) atoms. The smallest absolute Gasteiger partial charge is 0.462 e. The Morgan fingerprint density at radius 3 is 1.61 bits per heavy atom. The van der Waals surface area contributed by atoms with Gasteiger partial charge < -0.3 is 24.0 Å². The molecule has 344 valence electrons. The van der Waals surface area contributed by atoms with Crippen LogP contribution in [0.25, 0.3) is 0 Å². The van der Waals surface area contributed by atoms with E-state index in [1.165, 1.54) is 0 Å². The van der Waals surface area contributed by atoms with Crippen LogP contribution in [-0.4, -0.2) is 86.1 Å². The molecule has 11 heteroatoms. The molecule has 0 aromatic heterocycles. The lowest BCUT2D eigenvalue weighted by atomic mass is 10.1. The van der Waals surface area contributed by atoms with Crippen molar-refractivity contribution in [3.8, 4) is 0 Å². The highest BCUT2D eigenvalue weighted by molar-refractivity contribution is 7.47. The summed E-state index contributed by atoms with van der Waals surface area (Å²) in [5.41, 5.74) is 0. The number of aliphatic hydroxyl groups is 1. The van der Waals surface area contributed by atoms with Crippen molar-refractivity contribution >= 4 is 19.8 Å². The monoisotopic (exact) mass is 871 g/mol. The zero-order valence-corrected chi connectivity index (χ0v) is 39.1. The van der Waals surface area contributed by atoms with Crippen LogP contribution in [0.2, 0.25) is 0 Å². The van der Waals surface area contributed by atoms with E-state index < -0.39 is 38.6 Å². The Bertz CT molecular complexity index is 1460.